The summed E-state index contributed by atoms with van der Waals surface area (Å²) >= 11 is 0. The predicted octanol–water partition coefficient (Wildman–Crippen LogP) is 3.39. The van der Waals surface area contributed by atoms with Gasteiger partial charge in [-0.15, -0.1) is 0 Å². The molecule has 4 saturated carbocycles. The molecule has 4 aliphatic rings. The third-order valence-electron chi connectivity index (χ3n) is 6.13. The van der Waals surface area contributed by atoms with Gasteiger partial charge in [-0.25, -0.2) is 0 Å². The van der Waals surface area contributed by atoms with Gasteiger partial charge in [-0.2, -0.15) is 0 Å². The standard InChI is InChI=1S/C17H24N2/c1-10-15(2-3-19-16(10)9-18)17-13-5-11-4-12(7-13)8-14(17)6-11/h2-3,11-14,17H,4-9,18H2,1H3. The van der Waals surface area contributed by atoms with Crippen LogP contribution in [0.1, 0.15) is 54.8 Å². The minimum absolute atomic E-state index is 0.576. The van der Waals surface area contributed by atoms with Crippen LogP contribution in [-0.2, 0) is 6.54 Å². The van der Waals surface area contributed by atoms with Gasteiger partial charge in [0.25, 0.3) is 0 Å². The largest absolute Gasteiger partial charge is 0.325 e. The minimum atomic E-state index is 0.576. The van der Waals surface area contributed by atoms with Gasteiger partial charge in [0, 0.05) is 12.7 Å². The van der Waals surface area contributed by atoms with Gasteiger partial charge >= 0.3 is 0 Å². The minimum Gasteiger partial charge on any atom is -0.325 e. The Morgan fingerprint density at radius 2 is 1.74 bits per heavy atom. The molecule has 0 amide bonds. The maximum Gasteiger partial charge on any atom is 0.0571 e. The molecule has 5 rings (SSSR count). The summed E-state index contributed by atoms with van der Waals surface area (Å²) in [6, 6.07) is 2.28. The van der Waals surface area contributed by atoms with Gasteiger partial charge in [-0.05, 0) is 85.8 Å². The first-order chi connectivity index (χ1) is 9.26. The average molecular weight is 256 g/mol. The topological polar surface area (TPSA) is 38.9 Å². The van der Waals surface area contributed by atoms with E-state index in [9.17, 15) is 0 Å². The van der Waals surface area contributed by atoms with Crippen LogP contribution in [0.5, 0.6) is 0 Å². The Balaban J connectivity index is 1.73. The zero-order valence-electron chi connectivity index (χ0n) is 11.8. The zero-order valence-corrected chi connectivity index (χ0v) is 11.8. The maximum atomic E-state index is 5.83. The third kappa shape index (κ3) is 1.76. The van der Waals surface area contributed by atoms with E-state index in [0.717, 1.165) is 35.3 Å². The highest BCUT2D eigenvalue weighted by atomic mass is 14.7. The molecular formula is C17H24N2. The smallest absolute Gasteiger partial charge is 0.0571 e. The van der Waals surface area contributed by atoms with E-state index in [4.69, 9.17) is 5.73 Å². The van der Waals surface area contributed by atoms with Crippen LogP contribution >= 0.6 is 0 Å². The molecule has 1 aromatic heterocycles. The summed E-state index contributed by atoms with van der Waals surface area (Å²) in [5.41, 5.74) is 9.89. The molecule has 0 atom stereocenters. The first-order valence-corrected chi connectivity index (χ1v) is 7.90. The van der Waals surface area contributed by atoms with Gasteiger partial charge in [-0.3, -0.25) is 4.98 Å². The number of pyridine rings is 1. The highest BCUT2D eigenvalue weighted by molar-refractivity contribution is 5.34. The lowest BCUT2D eigenvalue weighted by Gasteiger charge is -2.55. The Labute approximate surface area is 115 Å². The van der Waals surface area contributed by atoms with Crippen LogP contribution in [0.2, 0.25) is 0 Å². The molecule has 4 bridgehead atoms. The Hall–Kier alpha value is -0.890. The molecule has 0 saturated heterocycles. The molecule has 2 heteroatoms. The summed E-state index contributed by atoms with van der Waals surface area (Å²) in [6.45, 7) is 2.81. The van der Waals surface area contributed by atoms with E-state index in [1.165, 1.54) is 37.7 Å². The van der Waals surface area contributed by atoms with Crippen molar-refractivity contribution in [1.82, 2.24) is 4.98 Å². The number of rotatable bonds is 2. The molecular weight excluding hydrogens is 232 g/mol. The number of hydrogen-bond acceptors (Lipinski definition) is 2. The lowest BCUT2D eigenvalue weighted by atomic mass is 9.50. The number of hydrogen-bond donors (Lipinski definition) is 1. The summed E-state index contributed by atoms with van der Waals surface area (Å²) in [6.07, 6.45) is 9.45. The molecule has 1 heterocycles. The fourth-order valence-corrected chi connectivity index (χ4v) is 5.60. The van der Waals surface area contributed by atoms with Crippen LogP contribution in [0, 0.1) is 30.6 Å². The predicted molar refractivity (Wildman–Crippen MR) is 76.7 cm³/mol. The highest BCUT2D eigenvalue weighted by Crippen LogP contribution is 2.60. The summed E-state index contributed by atoms with van der Waals surface area (Å²) in [4.78, 5) is 4.44. The zero-order chi connectivity index (χ0) is 13.0. The molecule has 0 aromatic carbocycles. The molecule has 0 aliphatic heterocycles. The summed E-state index contributed by atoms with van der Waals surface area (Å²) < 4.78 is 0. The second-order valence-corrected chi connectivity index (χ2v) is 7.13. The quantitative estimate of drug-likeness (QED) is 0.881. The molecule has 0 radical (unpaired) electrons. The van der Waals surface area contributed by atoms with Crippen LogP contribution in [0.4, 0.5) is 0 Å². The van der Waals surface area contributed by atoms with Gasteiger partial charge in [0.15, 0.2) is 0 Å². The van der Waals surface area contributed by atoms with E-state index in [1.807, 2.05) is 6.20 Å². The molecule has 0 unspecified atom stereocenters. The molecule has 19 heavy (non-hydrogen) atoms. The van der Waals surface area contributed by atoms with E-state index in [1.54, 1.807) is 5.56 Å². The lowest BCUT2D eigenvalue weighted by Crippen LogP contribution is -2.44. The number of nitrogens with two attached hydrogens (primary N) is 1. The number of aromatic nitrogens is 1. The summed E-state index contributed by atoms with van der Waals surface area (Å²) in [5.74, 6) is 4.80. The summed E-state index contributed by atoms with van der Waals surface area (Å²) in [5, 5.41) is 0. The van der Waals surface area contributed by atoms with Gasteiger partial charge in [-0.1, -0.05) is 0 Å². The van der Waals surface area contributed by atoms with Gasteiger partial charge < -0.3 is 5.73 Å². The maximum absolute atomic E-state index is 5.83. The van der Waals surface area contributed by atoms with Crippen LogP contribution in [-0.4, -0.2) is 4.98 Å². The molecule has 1 aromatic rings. The van der Waals surface area contributed by atoms with E-state index >= 15 is 0 Å². The molecule has 0 spiro atoms. The highest BCUT2D eigenvalue weighted by Gasteiger charge is 2.48. The van der Waals surface area contributed by atoms with Gasteiger partial charge in [0.1, 0.15) is 0 Å². The van der Waals surface area contributed by atoms with E-state index in [2.05, 4.69) is 18.0 Å². The van der Waals surface area contributed by atoms with Crippen molar-refractivity contribution < 1.29 is 0 Å². The van der Waals surface area contributed by atoms with Crippen molar-refractivity contribution in [2.24, 2.45) is 29.4 Å². The van der Waals surface area contributed by atoms with Crippen molar-refractivity contribution in [1.29, 1.82) is 0 Å². The molecule has 2 nitrogen and oxygen atoms in total. The number of nitrogens with zero attached hydrogens (tertiary/aromatic N) is 1. The lowest BCUT2D eigenvalue weighted by molar-refractivity contribution is -0.00303. The van der Waals surface area contributed by atoms with Crippen molar-refractivity contribution in [2.45, 2.75) is 51.5 Å². The van der Waals surface area contributed by atoms with Crippen molar-refractivity contribution in [2.75, 3.05) is 0 Å². The Kier molecular flexibility index (Phi) is 2.70. The monoisotopic (exact) mass is 256 g/mol. The van der Waals surface area contributed by atoms with E-state index in [0.29, 0.717) is 6.54 Å². The Morgan fingerprint density at radius 1 is 1.11 bits per heavy atom. The van der Waals surface area contributed by atoms with Crippen molar-refractivity contribution in [3.8, 4) is 0 Å². The van der Waals surface area contributed by atoms with Crippen molar-refractivity contribution in [3.63, 3.8) is 0 Å². The van der Waals surface area contributed by atoms with Crippen LogP contribution in [0.3, 0.4) is 0 Å². The molecule has 102 valence electrons. The van der Waals surface area contributed by atoms with Gasteiger partial charge in [0.2, 0.25) is 0 Å². The molecule has 4 fully saturated rings. The van der Waals surface area contributed by atoms with Crippen LogP contribution in [0.15, 0.2) is 12.3 Å². The summed E-state index contributed by atoms with van der Waals surface area (Å²) in [7, 11) is 0. The molecule has 4 aliphatic carbocycles. The van der Waals surface area contributed by atoms with Crippen LogP contribution < -0.4 is 5.73 Å². The SMILES string of the molecule is Cc1c(C2C3CC4CC(C3)CC2C4)ccnc1CN. The van der Waals surface area contributed by atoms with E-state index < -0.39 is 0 Å². The van der Waals surface area contributed by atoms with Crippen LogP contribution in [0.25, 0.3) is 0 Å². The third-order valence-corrected chi connectivity index (χ3v) is 6.13. The Morgan fingerprint density at radius 3 is 2.32 bits per heavy atom. The first-order valence-electron chi connectivity index (χ1n) is 7.90. The fourth-order valence-electron chi connectivity index (χ4n) is 5.60. The fraction of sp³-hybridized carbons (Fsp3) is 0.706. The molecule has 2 N–H and O–H groups in total. The van der Waals surface area contributed by atoms with Gasteiger partial charge in [0.05, 0.1) is 5.69 Å². The van der Waals surface area contributed by atoms with E-state index in [-0.39, 0.29) is 0 Å². The Bertz CT molecular complexity index is 466. The first kappa shape index (κ1) is 11.9. The van der Waals surface area contributed by atoms with Crippen molar-refractivity contribution >= 4 is 0 Å². The second kappa shape index (κ2) is 4.31. The van der Waals surface area contributed by atoms with Crippen molar-refractivity contribution in [3.05, 3.63) is 29.1 Å². The average Bonchev–Trinajstić information content (AvgIpc) is 2.39. The second-order valence-electron chi connectivity index (χ2n) is 7.13. The normalized spacial score (nSPS) is 39.8.